The normalized spacial score (nSPS) is 18.3. The first-order valence-electron chi connectivity index (χ1n) is 10.4. The zero-order valence-corrected chi connectivity index (χ0v) is 19.0. The van der Waals surface area contributed by atoms with Crippen molar-refractivity contribution in [2.24, 2.45) is 12.2 Å². The van der Waals surface area contributed by atoms with Crippen LogP contribution in [0.2, 0.25) is 0 Å². The number of ketones is 1. The van der Waals surface area contributed by atoms with Crippen LogP contribution in [0.4, 0.5) is 26.3 Å². The lowest BCUT2D eigenvalue weighted by Crippen LogP contribution is -2.33. The van der Waals surface area contributed by atoms with Gasteiger partial charge < -0.3 is 10.2 Å². The molecule has 0 saturated heterocycles. The molecule has 1 aliphatic rings. The van der Waals surface area contributed by atoms with Crippen molar-refractivity contribution in [3.05, 3.63) is 52.3 Å². The summed E-state index contributed by atoms with van der Waals surface area (Å²) >= 11 is 0. The van der Waals surface area contributed by atoms with Gasteiger partial charge in [-0.25, -0.2) is 0 Å². The van der Waals surface area contributed by atoms with Crippen LogP contribution in [0.5, 0.6) is 0 Å². The van der Waals surface area contributed by atoms with Gasteiger partial charge >= 0.3 is 12.4 Å². The molecule has 0 aliphatic carbocycles. The SMILES string of the molecule is Cc1cc(C2=NOC(C)(c3cc(C(F)(F)F)nn3C)C2)ccc1C(=O)CCC(=O)NCC(F)(F)F. The Balaban J connectivity index is 1.66. The van der Waals surface area contributed by atoms with Crippen LogP contribution in [0.15, 0.2) is 29.4 Å². The number of rotatable bonds is 7. The van der Waals surface area contributed by atoms with Crippen LogP contribution < -0.4 is 5.32 Å². The molecule has 0 saturated carbocycles. The molecule has 3 rings (SSSR count). The summed E-state index contributed by atoms with van der Waals surface area (Å²) < 4.78 is 76.7. The van der Waals surface area contributed by atoms with Crippen molar-refractivity contribution in [1.82, 2.24) is 15.1 Å². The number of aromatic nitrogens is 2. The monoisotopic (exact) mass is 504 g/mol. The highest BCUT2D eigenvalue weighted by Gasteiger charge is 2.43. The van der Waals surface area contributed by atoms with Gasteiger partial charge in [-0.2, -0.15) is 31.4 Å². The molecule has 1 aromatic carbocycles. The van der Waals surface area contributed by atoms with Crippen LogP contribution in [0.25, 0.3) is 0 Å². The van der Waals surface area contributed by atoms with E-state index in [9.17, 15) is 35.9 Å². The maximum Gasteiger partial charge on any atom is 0.435 e. The Kier molecular flexibility index (Phi) is 7.00. The number of aryl methyl sites for hydroxylation is 2. The van der Waals surface area contributed by atoms with Crippen LogP contribution in [0, 0.1) is 6.92 Å². The molecule has 1 amide bonds. The van der Waals surface area contributed by atoms with Crippen molar-refractivity contribution in [3.8, 4) is 0 Å². The minimum atomic E-state index is -4.60. The van der Waals surface area contributed by atoms with Crippen LogP contribution in [-0.4, -0.2) is 39.9 Å². The fraction of sp³-hybridized carbons (Fsp3) is 0.455. The molecule has 0 fully saturated rings. The van der Waals surface area contributed by atoms with E-state index in [1.165, 1.54) is 13.1 Å². The number of alkyl halides is 6. The summed E-state index contributed by atoms with van der Waals surface area (Å²) in [6.45, 7) is 1.77. The second kappa shape index (κ2) is 9.34. The van der Waals surface area contributed by atoms with E-state index < -0.39 is 41.9 Å². The van der Waals surface area contributed by atoms with E-state index in [0.717, 1.165) is 10.7 Å². The minimum absolute atomic E-state index is 0.149. The van der Waals surface area contributed by atoms with Crippen LogP contribution in [0.3, 0.4) is 0 Å². The van der Waals surface area contributed by atoms with Gasteiger partial charge in [-0.05, 0) is 37.1 Å². The molecule has 1 atom stereocenters. The number of hydrogen-bond donors (Lipinski definition) is 1. The second-order valence-corrected chi connectivity index (χ2v) is 8.42. The van der Waals surface area contributed by atoms with Gasteiger partial charge in [0.15, 0.2) is 17.1 Å². The topological polar surface area (TPSA) is 85.6 Å². The fourth-order valence-corrected chi connectivity index (χ4v) is 3.74. The third kappa shape index (κ3) is 6.20. The van der Waals surface area contributed by atoms with Crippen LogP contribution in [-0.2, 0) is 28.5 Å². The zero-order chi connectivity index (χ0) is 26.2. The molecule has 2 aromatic rings. The molecule has 1 unspecified atom stereocenters. The zero-order valence-electron chi connectivity index (χ0n) is 19.0. The lowest BCUT2D eigenvalue weighted by atomic mass is 9.91. The van der Waals surface area contributed by atoms with Gasteiger partial charge in [-0.1, -0.05) is 17.3 Å². The molecule has 0 radical (unpaired) electrons. The van der Waals surface area contributed by atoms with Gasteiger partial charge in [-0.3, -0.25) is 14.3 Å². The van der Waals surface area contributed by atoms with Crippen molar-refractivity contribution < 1.29 is 40.8 Å². The average Bonchev–Trinajstić information content (AvgIpc) is 3.34. The van der Waals surface area contributed by atoms with Crippen molar-refractivity contribution in [2.45, 2.75) is 51.1 Å². The number of nitrogens with zero attached hydrogens (tertiary/aromatic N) is 3. The second-order valence-electron chi connectivity index (χ2n) is 8.42. The van der Waals surface area contributed by atoms with E-state index in [2.05, 4.69) is 10.3 Å². The Bertz CT molecular complexity index is 1170. The highest BCUT2D eigenvalue weighted by Crippen LogP contribution is 2.38. The van der Waals surface area contributed by atoms with Gasteiger partial charge in [0.25, 0.3) is 0 Å². The number of oxime groups is 1. The Morgan fingerprint density at radius 1 is 1.14 bits per heavy atom. The lowest BCUT2D eigenvalue weighted by molar-refractivity contribution is -0.141. The summed E-state index contributed by atoms with van der Waals surface area (Å²) in [7, 11) is 1.38. The molecular formula is C22H22F6N4O3. The highest BCUT2D eigenvalue weighted by atomic mass is 19.4. The molecule has 2 heterocycles. The molecule has 0 spiro atoms. The summed E-state index contributed by atoms with van der Waals surface area (Å²) in [5.41, 5.74) is -0.164. The summed E-state index contributed by atoms with van der Waals surface area (Å²) in [4.78, 5) is 29.5. The maximum atomic E-state index is 13.0. The predicted molar refractivity (Wildman–Crippen MR) is 112 cm³/mol. The van der Waals surface area contributed by atoms with E-state index in [0.29, 0.717) is 22.4 Å². The first-order chi connectivity index (χ1) is 16.1. The molecule has 35 heavy (non-hydrogen) atoms. The number of halogens is 6. The van der Waals surface area contributed by atoms with Gasteiger partial charge in [0.05, 0.1) is 11.4 Å². The number of carbonyl (C=O) groups excluding carboxylic acids is 2. The summed E-state index contributed by atoms with van der Waals surface area (Å²) in [5.74, 6) is -1.30. The third-order valence-corrected chi connectivity index (χ3v) is 5.50. The van der Waals surface area contributed by atoms with Crippen molar-refractivity contribution in [1.29, 1.82) is 0 Å². The Morgan fingerprint density at radius 2 is 1.83 bits per heavy atom. The van der Waals surface area contributed by atoms with Crippen LogP contribution >= 0.6 is 0 Å². The number of hydrogen-bond acceptors (Lipinski definition) is 5. The molecule has 1 aromatic heterocycles. The molecular weight excluding hydrogens is 482 g/mol. The smallest absolute Gasteiger partial charge is 0.382 e. The first-order valence-corrected chi connectivity index (χ1v) is 10.4. The summed E-state index contributed by atoms with van der Waals surface area (Å²) in [5, 5.41) is 9.25. The van der Waals surface area contributed by atoms with Crippen molar-refractivity contribution in [3.63, 3.8) is 0 Å². The number of Topliss-reactive ketones (excluding diaryl/α,β-unsaturated/α-hetero) is 1. The van der Waals surface area contributed by atoms with E-state index in [4.69, 9.17) is 4.84 Å². The summed E-state index contributed by atoms with van der Waals surface area (Å²) in [6, 6.07) is 5.65. The Labute approximate surface area is 196 Å². The van der Waals surface area contributed by atoms with Gasteiger partial charge in [0.2, 0.25) is 5.91 Å². The molecule has 1 aliphatic heterocycles. The Hall–Kier alpha value is -3.38. The largest absolute Gasteiger partial charge is 0.435 e. The molecule has 13 heteroatoms. The first kappa shape index (κ1) is 26.2. The summed E-state index contributed by atoms with van der Waals surface area (Å²) in [6.07, 6.45) is -9.65. The molecule has 7 nitrogen and oxygen atoms in total. The standard InChI is InChI=1S/C22H22F6N4O3/c1-12-8-13(4-5-14(12)16(33)6-7-19(34)29-11-21(23,24)25)15-10-20(2,35-31-15)18-9-17(22(26,27)28)30-32(18)3/h4-5,8-9H,6-7,10-11H2,1-3H3,(H,29,34). The van der Waals surface area contributed by atoms with E-state index >= 15 is 0 Å². The van der Waals surface area contributed by atoms with Crippen LogP contribution in [0.1, 0.15) is 59.1 Å². The Morgan fingerprint density at radius 3 is 2.40 bits per heavy atom. The number of nitrogens with one attached hydrogen (secondary N) is 1. The van der Waals surface area contributed by atoms with Gasteiger partial charge in [0.1, 0.15) is 6.54 Å². The highest BCUT2D eigenvalue weighted by molar-refractivity contribution is 6.04. The van der Waals surface area contributed by atoms with Crippen molar-refractivity contribution >= 4 is 17.4 Å². The lowest BCUT2D eigenvalue weighted by Gasteiger charge is -2.21. The van der Waals surface area contributed by atoms with Gasteiger partial charge in [0, 0.05) is 31.9 Å². The maximum absolute atomic E-state index is 13.0. The number of benzene rings is 1. The van der Waals surface area contributed by atoms with Gasteiger partial charge in [-0.15, -0.1) is 0 Å². The third-order valence-electron chi connectivity index (χ3n) is 5.50. The van der Waals surface area contributed by atoms with E-state index in [-0.39, 0.29) is 25.0 Å². The van der Waals surface area contributed by atoms with E-state index in [1.54, 1.807) is 31.3 Å². The number of carbonyl (C=O) groups is 2. The molecule has 190 valence electrons. The number of amides is 1. The predicted octanol–water partition coefficient (Wildman–Crippen LogP) is 4.43. The fourth-order valence-electron chi connectivity index (χ4n) is 3.74. The average molecular weight is 504 g/mol. The quantitative estimate of drug-likeness (QED) is 0.447. The van der Waals surface area contributed by atoms with E-state index in [1.807, 2.05) is 0 Å². The van der Waals surface area contributed by atoms with Crippen molar-refractivity contribution in [2.75, 3.05) is 6.54 Å². The molecule has 1 N–H and O–H groups in total. The minimum Gasteiger partial charge on any atom is -0.382 e. The molecule has 0 bridgehead atoms.